The van der Waals surface area contributed by atoms with Crippen LogP contribution in [0.4, 0.5) is 5.82 Å². The number of aliphatic hydroxyl groups is 1. The summed E-state index contributed by atoms with van der Waals surface area (Å²) in [7, 11) is 1.53. The third-order valence-corrected chi connectivity index (χ3v) is 2.32. The van der Waals surface area contributed by atoms with Crippen molar-refractivity contribution in [3.8, 4) is 6.07 Å². The van der Waals surface area contributed by atoms with E-state index in [4.69, 9.17) is 26.7 Å². The van der Waals surface area contributed by atoms with Gasteiger partial charge in [0.15, 0.2) is 0 Å². The number of rotatable bonds is 5. The summed E-state index contributed by atoms with van der Waals surface area (Å²) < 4.78 is 4.91. The van der Waals surface area contributed by atoms with Crippen LogP contribution in [0, 0.1) is 11.3 Å². The number of nitrogens with zero attached hydrogens (tertiary/aromatic N) is 2. The van der Waals surface area contributed by atoms with Crippen LogP contribution in [0.25, 0.3) is 0 Å². The molecule has 0 bridgehead atoms. The van der Waals surface area contributed by atoms with E-state index in [2.05, 4.69) is 10.3 Å². The maximum atomic E-state index is 9.06. The Bertz CT molecular complexity index is 392. The number of halogens is 1. The lowest BCUT2D eigenvalue weighted by Crippen LogP contribution is -2.29. The summed E-state index contributed by atoms with van der Waals surface area (Å²) >= 11 is 5.94. The van der Waals surface area contributed by atoms with E-state index in [0.29, 0.717) is 18.0 Å². The quantitative estimate of drug-likeness (QED) is 0.805. The van der Waals surface area contributed by atoms with Crippen LogP contribution in [-0.2, 0) is 4.74 Å². The average molecular weight is 242 g/mol. The number of hydrogen-bond donors (Lipinski definition) is 2. The molecule has 0 spiro atoms. The van der Waals surface area contributed by atoms with Crippen molar-refractivity contribution in [2.75, 3.05) is 25.6 Å². The Morgan fingerprint density at radius 1 is 1.75 bits per heavy atom. The maximum Gasteiger partial charge on any atom is 0.146 e. The number of nitriles is 1. The first-order chi connectivity index (χ1) is 7.72. The van der Waals surface area contributed by atoms with Crippen molar-refractivity contribution in [3.05, 3.63) is 22.8 Å². The standard InChI is InChI=1S/C10H12ClN3O2/c1-16-6-8(5-15)14-10-9(11)7(4-12)2-3-13-10/h2-3,8,15H,5-6H2,1H3,(H,13,14). The van der Waals surface area contributed by atoms with Gasteiger partial charge in [-0.1, -0.05) is 11.6 Å². The molecule has 86 valence electrons. The molecule has 0 amide bonds. The summed E-state index contributed by atoms with van der Waals surface area (Å²) in [6, 6.07) is 3.18. The predicted octanol–water partition coefficient (Wildman–Crippen LogP) is 1.03. The Hall–Kier alpha value is -1.35. The van der Waals surface area contributed by atoms with Gasteiger partial charge in [-0.15, -0.1) is 0 Å². The minimum absolute atomic E-state index is 0.109. The topological polar surface area (TPSA) is 78.2 Å². The molecule has 2 N–H and O–H groups in total. The summed E-state index contributed by atoms with van der Waals surface area (Å²) in [5, 5.41) is 21.0. The van der Waals surface area contributed by atoms with Crippen LogP contribution in [0.3, 0.4) is 0 Å². The van der Waals surface area contributed by atoms with Crippen LogP contribution < -0.4 is 5.32 Å². The summed E-state index contributed by atoms with van der Waals surface area (Å²) in [5.74, 6) is 0.372. The highest BCUT2D eigenvalue weighted by atomic mass is 35.5. The van der Waals surface area contributed by atoms with Crippen molar-refractivity contribution >= 4 is 17.4 Å². The molecule has 0 aromatic carbocycles. The number of pyridine rings is 1. The zero-order valence-electron chi connectivity index (χ0n) is 8.77. The molecule has 1 unspecified atom stereocenters. The maximum absolute atomic E-state index is 9.06. The first kappa shape index (κ1) is 12.7. The molecule has 5 nitrogen and oxygen atoms in total. The zero-order chi connectivity index (χ0) is 12.0. The van der Waals surface area contributed by atoms with E-state index < -0.39 is 0 Å². The van der Waals surface area contributed by atoms with Crippen LogP contribution in [-0.4, -0.2) is 36.5 Å². The van der Waals surface area contributed by atoms with Gasteiger partial charge in [0.1, 0.15) is 16.9 Å². The minimum atomic E-state index is -0.302. The number of aromatic nitrogens is 1. The van der Waals surface area contributed by atoms with Crippen LogP contribution >= 0.6 is 11.6 Å². The lowest BCUT2D eigenvalue weighted by molar-refractivity contribution is 0.153. The summed E-state index contributed by atoms with van der Waals surface area (Å²) in [4.78, 5) is 4.00. The molecular formula is C10H12ClN3O2. The molecule has 0 aliphatic rings. The average Bonchev–Trinajstić information content (AvgIpc) is 2.31. The monoisotopic (exact) mass is 241 g/mol. The third kappa shape index (κ3) is 3.07. The molecule has 1 heterocycles. The molecule has 0 fully saturated rings. The second-order valence-corrected chi connectivity index (χ2v) is 3.49. The fraction of sp³-hybridized carbons (Fsp3) is 0.400. The van der Waals surface area contributed by atoms with Crippen molar-refractivity contribution in [3.63, 3.8) is 0 Å². The third-order valence-electron chi connectivity index (χ3n) is 1.94. The molecular weight excluding hydrogens is 230 g/mol. The Labute approximate surface area is 98.6 Å². The molecule has 6 heteroatoms. The summed E-state index contributed by atoms with van der Waals surface area (Å²) in [6.45, 7) is 0.216. The van der Waals surface area contributed by atoms with Crippen molar-refractivity contribution < 1.29 is 9.84 Å². The first-order valence-electron chi connectivity index (χ1n) is 4.63. The fourth-order valence-electron chi connectivity index (χ4n) is 1.17. The zero-order valence-corrected chi connectivity index (χ0v) is 9.53. The first-order valence-corrected chi connectivity index (χ1v) is 5.01. The largest absolute Gasteiger partial charge is 0.394 e. The van der Waals surface area contributed by atoms with Crippen LogP contribution in [0.2, 0.25) is 5.02 Å². The SMILES string of the molecule is COCC(CO)Nc1nccc(C#N)c1Cl. The molecule has 1 rings (SSSR count). The Morgan fingerprint density at radius 2 is 2.50 bits per heavy atom. The van der Waals surface area contributed by atoms with E-state index in [0.717, 1.165) is 0 Å². The molecule has 16 heavy (non-hydrogen) atoms. The van der Waals surface area contributed by atoms with Crippen molar-refractivity contribution in [1.82, 2.24) is 4.98 Å². The second kappa shape index (κ2) is 6.28. The van der Waals surface area contributed by atoms with Crippen molar-refractivity contribution in [1.29, 1.82) is 5.26 Å². The molecule has 0 aliphatic heterocycles. The fourth-order valence-corrected chi connectivity index (χ4v) is 1.37. The van der Waals surface area contributed by atoms with E-state index in [-0.39, 0.29) is 17.7 Å². The highest BCUT2D eigenvalue weighted by molar-refractivity contribution is 6.34. The molecule has 0 saturated carbocycles. The van der Waals surface area contributed by atoms with E-state index in [1.165, 1.54) is 19.4 Å². The van der Waals surface area contributed by atoms with E-state index in [9.17, 15) is 0 Å². The van der Waals surface area contributed by atoms with Gasteiger partial charge in [0.25, 0.3) is 0 Å². The highest BCUT2D eigenvalue weighted by Gasteiger charge is 2.12. The van der Waals surface area contributed by atoms with Gasteiger partial charge in [-0.2, -0.15) is 5.26 Å². The van der Waals surface area contributed by atoms with E-state index in [1.54, 1.807) is 0 Å². The van der Waals surface area contributed by atoms with Crippen molar-refractivity contribution in [2.45, 2.75) is 6.04 Å². The number of hydrogen-bond acceptors (Lipinski definition) is 5. The van der Waals surface area contributed by atoms with Crippen molar-refractivity contribution in [2.24, 2.45) is 0 Å². The van der Waals surface area contributed by atoms with Gasteiger partial charge in [0.2, 0.25) is 0 Å². The van der Waals surface area contributed by atoms with Gasteiger partial charge < -0.3 is 15.2 Å². The molecule has 0 radical (unpaired) electrons. The minimum Gasteiger partial charge on any atom is -0.394 e. The number of ether oxygens (including phenoxy) is 1. The van der Waals surface area contributed by atoms with Gasteiger partial charge in [0, 0.05) is 13.3 Å². The van der Waals surface area contributed by atoms with Gasteiger partial charge in [-0.25, -0.2) is 4.98 Å². The van der Waals surface area contributed by atoms with E-state index in [1.807, 2.05) is 6.07 Å². The number of anilines is 1. The van der Waals surface area contributed by atoms with Gasteiger partial charge in [-0.05, 0) is 6.07 Å². The molecule has 1 aromatic heterocycles. The molecule has 1 aromatic rings. The second-order valence-electron chi connectivity index (χ2n) is 3.11. The Balaban J connectivity index is 2.84. The number of nitrogens with one attached hydrogen (secondary N) is 1. The van der Waals surface area contributed by atoms with Gasteiger partial charge >= 0.3 is 0 Å². The van der Waals surface area contributed by atoms with Gasteiger partial charge in [0.05, 0.1) is 24.8 Å². The smallest absolute Gasteiger partial charge is 0.146 e. The lowest BCUT2D eigenvalue weighted by atomic mass is 10.2. The lowest BCUT2D eigenvalue weighted by Gasteiger charge is -2.16. The van der Waals surface area contributed by atoms with Crippen LogP contribution in [0.1, 0.15) is 5.56 Å². The van der Waals surface area contributed by atoms with Crippen LogP contribution in [0.15, 0.2) is 12.3 Å². The predicted molar refractivity (Wildman–Crippen MR) is 60.3 cm³/mol. The summed E-state index contributed by atoms with van der Waals surface area (Å²) in [5.41, 5.74) is 0.341. The normalized spacial score (nSPS) is 11.9. The molecule has 0 saturated heterocycles. The van der Waals surface area contributed by atoms with Gasteiger partial charge in [-0.3, -0.25) is 0 Å². The number of methoxy groups -OCH3 is 1. The Kier molecular flexibility index (Phi) is 4.99. The highest BCUT2D eigenvalue weighted by Crippen LogP contribution is 2.23. The molecule has 0 aliphatic carbocycles. The molecule has 1 atom stereocenters. The number of aliphatic hydroxyl groups excluding tert-OH is 1. The summed E-state index contributed by atoms with van der Waals surface area (Å²) in [6.07, 6.45) is 1.48. The Morgan fingerprint density at radius 3 is 3.06 bits per heavy atom. The van der Waals surface area contributed by atoms with E-state index >= 15 is 0 Å². The van der Waals surface area contributed by atoms with Crippen LogP contribution in [0.5, 0.6) is 0 Å².